The van der Waals surface area contributed by atoms with Crippen molar-refractivity contribution < 1.29 is 14.9 Å². The predicted molar refractivity (Wildman–Crippen MR) is 88.2 cm³/mol. The topological polar surface area (TPSA) is 52.9 Å². The third-order valence-electron chi connectivity index (χ3n) is 4.93. The van der Waals surface area contributed by atoms with E-state index in [9.17, 15) is 10.2 Å². The second-order valence-electron chi connectivity index (χ2n) is 6.59. The van der Waals surface area contributed by atoms with Gasteiger partial charge in [-0.3, -0.25) is 0 Å². The Kier molecular flexibility index (Phi) is 6.24. The van der Waals surface area contributed by atoms with Crippen molar-refractivity contribution in [2.24, 2.45) is 5.41 Å². The van der Waals surface area contributed by atoms with Crippen molar-refractivity contribution in [2.45, 2.75) is 39.2 Å². The van der Waals surface area contributed by atoms with Crippen molar-refractivity contribution in [3.05, 3.63) is 29.8 Å². The summed E-state index contributed by atoms with van der Waals surface area (Å²) in [4.78, 5) is 2.27. The summed E-state index contributed by atoms with van der Waals surface area (Å²) in [7, 11) is 0. The van der Waals surface area contributed by atoms with E-state index in [0.29, 0.717) is 13.2 Å². The first-order chi connectivity index (χ1) is 10.6. The first-order valence-corrected chi connectivity index (χ1v) is 8.28. The van der Waals surface area contributed by atoms with Crippen LogP contribution < -0.4 is 4.74 Å². The van der Waals surface area contributed by atoms with E-state index in [2.05, 4.69) is 11.8 Å². The van der Waals surface area contributed by atoms with E-state index < -0.39 is 6.10 Å². The van der Waals surface area contributed by atoms with Crippen molar-refractivity contribution in [1.82, 2.24) is 4.90 Å². The monoisotopic (exact) mass is 307 g/mol. The minimum Gasteiger partial charge on any atom is -0.491 e. The molecule has 0 amide bonds. The summed E-state index contributed by atoms with van der Waals surface area (Å²) in [5.74, 6) is 0.800. The van der Waals surface area contributed by atoms with Gasteiger partial charge in [-0.05, 0) is 56.8 Å². The second kappa shape index (κ2) is 7.95. The third-order valence-corrected chi connectivity index (χ3v) is 4.93. The van der Waals surface area contributed by atoms with Crippen LogP contribution in [0.3, 0.4) is 0 Å². The summed E-state index contributed by atoms with van der Waals surface area (Å²) < 4.78 is 5.63. The first kappa shape index (κ1) is 17.3. The van der Waals surface area contributed by atoms with E-state index in [1.54, 1.807) is 0 Å². The highest BCUT2D eigenvalue weighted by Gasteiger charge is 2.32. The quantitative estimate of drug-likeness (QED) is 0.811. The maximum absolute atomic E-state index is 10.1. The van der Waals surface area contributed by atoms with E-state index >= 15 is 0 Å². The number of aryl methyl sites for hydroxylation is 1. The van der Waals surface area contributed by atoms with Crippen molar-refractivity contribution in [3.8, 4) is 5.75 Å². The highest BCUT2D eigenvalue weighted by Crippen LogP contribution is 2.34. The lowest BCUT2D eigenvalue weighted by molar-refractivity contribution is 0.0121. The lowest BCUT2D eigenvalue weighted by Gasteiger charge is -2.40. The Morgan fingerprint density at radius 1 is 1.23 bits per heavy atom. The van der Waals surface area contributed by atoms with Gasteiger partial charge in [0.05, 0.1) is 0 Å². The number of hydrogen-bond acceptors (Lipinski definition) is 4. The fraction of sp³-hybridized carbons (Fsp3) is 0.667. The Labute approximate surface area is 133 Å². The molecular formula is C18H29NO3. The molecule has 1 heterocycles. The molecule has 1 unspecified atom stereocenters. The van der Waals surface area contributed by atoms with Gasteiger partial charge in [-0.1, -0.05) is 24.6 Å². The summed E-state index contributed by atoms with van der Waals surface area (Å²) in [6.45, 7) is 7.30. The Morgan fingerprint density at radius 2 is 1.86 bits per heavy atom. The zero-order valence-corrected chi connectivity index (χ0v) is 13.8. The fourth-order valence-corrected chi connectivity index (χ4v) is 3.01. The van der Waals surface area contributed by atoms with Gasteiger partial charge in [0.1, 0.15) is 18.5 Å². The van der Waals surface area contributed by atoms with Gasteiger partial charge in [0.2, 0.25) is 0 Å². The van der Waals surface area contributed by atoms with Crippen LogP contribution in [0.25, 0.3) is 0 Å². The summed E-state index contributed by atoms with van der Waals surface area (Å²) in [6.07, 6.45) is 2.55. The number of likely N-dealkylation sites (tertiary alicyclic amines) is 1. The molecule has 0 radical (unpaired) electrons. The molecule has 1 fully saturated rings. The van der Waals surface area contributed by atoms with Gasteiger partial charge in [-0.15, -0.1) is 0 Å². The van der Waals surface area contributed by atoms with Crippen LogP contribution in [0.15, 0.2) is 24.3 Å². The van der Waals surface area contributed by atoms with Gasteiger partial charge >= 0.3 is 0 Å². The van der Waals surface area contributed by atoms with Gasteiger partial charge in [0.15, 0.2) is 0 Å². The second-order valence-corrected chi connectivity index (χ2v) is 6.59. The maximum atomic E-state index is 10.1. The van der Waals surface area contributed by atoms with Crippen LogP contribution in [0.5, 0.6) is 5.75 Å². The molecule has 22 heavy (non-hydrogen) atoms. The minimum atomic E-state index is -0.482. The number of aliphatic hydroxyl groups is 2. The molecule has 0 bridgehead atoms. The molecule has 1 aliphatic rings. The van der Waals surface area contributed by atoms with Crippen LogP contribution >= 0.6 is 0 Å². The minimum absolute atomic E-state index is 0.0971. The SMILES string of the molecule is CCC1(CO)CCN(CC(O)COc2ccc(C)cc2)CC1. The lowest BCUT2D eigenvalue weighted by Crippen LogP contribution is -2.45. The standard InChI is InChI=1S/C18H29NO3/c1-3-18(14-20)8-10-19(11-9-18)12-16(21)13-22-17-6-4-15(2)5-7-17/h4-7,16,20-21H,3,8-14H2,1-2H3. The molecule has 0 spiro atoms. The molecule has 1 saturated heterocycles. The molecule has 2 rings (SSSR count). The number of aliphatic hydroxyl groups excluding tert-OH is 2. The van der Waals surface area contributed by atoms with Gasteiger partial charge in [-0.2, -0.15) is 0 Å². The summed E-state index contributed by atoms with van der Waals surface area (Å²) in [6, 6.07) is 7.87. The molecule has 2 N–H and O–H groups in total. The highest BCUT2D eigenvalue weighted by molar-refractivity contribution is 5.26. The zero-order valence-electron chi connectivity index (χ0n) is 13.8. The van der Waals surface area contributed by atoms with Crippen LogP contribution in [0.4, 0.5) is 0 Å². The summed E-state index contributed by atoms with van der Waals surface area (Å²) >= 11 is 0. The molecule has 0 aromatic heterocycles. The average molecular weight is 307 g/mol. The molecular weight excluding hydrogens is 278 g/mol. The Bertz CT molecular complexity index is 432. The van der Waals surface area contributed by atoms with E-state index in [1.807, 2.05) is 31.2 Å². The fourth-order valence-electron chi connectivity index (χ4n) is 3.01. The summed E-state index contributed by atoms with van der Waals surface area (Å²) in [5.41, 5.74) is 1.30. The van der Waals surface area contributed by atoms with Crippen LogP contribution in [-0.4, -0.2) is 54.1 Å². The van der Waals surface area contributed by atoms with Crippen molar-refractivity contribution in [3.63, 3.8) is 0 Å². The summed E-state index contributed by atoms with van der Waals surface area (Å²) in [5, 5.41) is 19.7. The molecule has 1 aliphatic heterocycles. The average Bonchev–Trinajstić information content (AvgIpc) is 2.55. The zero-order chi connectivity index (χ0) is 16.0. The maximum Gasteiger partial charge on any atom is 0.119 e. The number of ether oxygens (including phenoxy) is 1. The molecule has 0 aliphatic carbocycles. The van der Waals surface area contributed by atoms with E-state index in [1.165, 1.54) is 5.56 Å². The van der Waals surface area contributed by atoms with E-state index in [4.69, 9.17) is 4.74 Å². The molecule has 1 aromatic rings. The number of rotatable bonds is 7. The molecule has 1 aromatic carbocycles. The van der Waals surface area contributed by atoms with Crippen LogP contribution in [0.1, 0.15) is 31.7 Å². The molecule has 0 saturated carbocycles. The predicted octanol–water partition coefficient (Wildman–Crippen LogP) is 2.22. The Hall–Kier alpha value is -1.10. The number of hydrogen-bond donors (Lipinski definition) is 2. The van der Waals surface area contributed by atoms with Gasteiger partial charge in [-0.25, -0.2) is 0 Å². The van der Waals surface area contributed by atoms with Crippen molar-refractivity contribution in [1.29, 1.82) is 0 Å². The van der Waals surface area contributed by atoms with E-state index in [-0.39, 0.29) is 12.0 Å². The molecule has 1 atom stereocenters. The Morgan fingerprint density at radius 3 is 2.41 bits per heavy atom. The van der Waals surface area contributed by atoms with Crippen molar-refractivity contribution >= 4 is 0 Å². The Balaban J connectivity index is 1.71. The highest BCUT2D eigenvalue weighted by atomic mass is 16.5. The van der Waals surface area contributed by atoms with Crippen LogP contribution in [0, 0.1) is 12.3 Å². The normalized spacial score (nSPS) is 19.8. The van der Waals surface area contributed by atoms with Crippen molar-refractivity contribution in [2.75, 3.05) is 32.8 Å². The van der Waals surface area contributed by atoms with E-state index in [0.717, 1.165) is 38.1 Å². The van der Waals surface area contributed by atoms with Crippen LogP contribution in [0.2, 0.25) is 0 Å². The number of β-amino-alcohol motifs (C(OH)–C–C–N with tert-alkyl or cyclic N) is 1. The van der Waals surface area contributed by atoms with Crippen LogP contribution in [-0.2, 0) is 0 Å². The largest absolute Gasteiger partial charge is 0.491 e. The molecule has 124 valence electrons. The molecule has 4 heteroatoms. The first-order valence-electron chi connectivity index (χ1n) is 8.28. The lowest BCUT2D eigenvalue weighted by atomic mass is 9.77. The smallest absolute Gasteiger partial charge is 0.119 e. The van der Waals surface area contributed by atoms with Gasteiger partial charge in [0, 0.05) is 13.2 Å². The third kappa shape index (κ3) is 4.70. The van der Waals surface area contributed by atoms with Gasteiger partial charge < -0.3 is 19.8 Å². The number of piperidine rings is 1. The number of nitrogens with zero attached hydrogens (tertiary/aromatic N) is 1. The number of benzene rings is 1. The van der Waals surface area contributed by atoms with Gasteiger partial charge in [0.25, 0.3) is 0 Å². The molecule has 4 nitrogen and oxygen atoms in total.